The van der Waals surface area contributed by atoms with Gasteiger partial charge in [0.15, 0.2) is 17.1 Å². The highest BCUT2D eigenvalue weighted by Crippen LogP contribution is 2.36. The Hall–Kier alpha value is -12.3. The number of amides is 3. The van der Waals surface area contributed by atoms with Gasteiger partial charge in [0.05, 0.1) is 17.6 Å². The molecule has 0 atom stereocenters. The van der Waals surface area contributed by atoms with Crippen LogP contribution in [0.15, 0.2) is 227 Å². The molecule has 0 radical (unpaired) electrons. The molecule has 9 aromatic heterocycles. The van der Waals surface area contributed by atoms with E-state index in [1.807, 2.05) is 182 Å². The minimum absolute atomic E-state index is 0.0309. The lowest BCUT2D eigenvalue weighted by molar-refractivity contribution is 0.0976. The van der Waals surface area contributed by atoms with E-state index in [-0.39, 0.29) is 60.2 Å². The number of hydrogen-bond donors (Lipinski definition) is 0. The lowest BCUT2D eigenvalue weighted by Gasteiger charge is -2.23. The molecule has 0 saturated carbocycles. The van der Waals surface area contributed by atoms with E-state index in [2.05, 4.69) is 15.0 Å². The van der Waals surface area contributed by atoms with E-state index in [4.69, 9.17) is 15.3 Å². The van der Waals surface area contributed by atoms with Crippen LogP contribution in [-0.2, 0) is 20.1 Å². The predicted molar refractivity (Wildman–Crippen MR) is 370 cm³/mol. The molecule has 15 rings (SSSR count). The van der Waals surface area contributed by atoms with Gasteiger partial charge in [0.1, 0.15) is 16.6 Å². The molecule has 0 bridgehead atoms. The van der Waals surface area contributed by atoms with Gasteiger partial charge in [-0.3, -0.25) is 38.7 Å². The maximum Gasteiger partial charge on any atom is 0.298 e. The third-order valence-electron chi connectivity index (χ3n) is 17.5. The van der Waals surface area contributed by atoms with Gasteiger partial charge < -0.3 is 28.4 Å². The Bertz CT molecular complexity index is 5740. The zero-order valence-corrected chi connectivity index (χ0v) is 52.6. The summed E-state index contributed by atoms with van der Waals surface area (Å²) in [5, 5.41) is 19.8. The number of rotatable bonds is 16. The molecule has 0 aliphatic carbocycles. The second-order valence-corrected chi connectivity index (χ2v) is 23.6. The summed E-state index contributed by atoms with van der Waals surface area (Å²) < 4.78 is 9.29. The Balaban J connectivity index is 0.806. The van der Waals surface area contributed by atoms with Gasteiger partial charge in [0, 0.05) is 136 Å². The second kappa shape index (κ2) is 24.1. The number of benzene rings is 6. The van der Waals surface area contributed by atoms with Gasteiger partial charge in [-0.15, -0.1) is 11.3 Å². The minimum Gasteiger partial charge on any atom is -0.339 e. The van der Waals surface area contributed by atoms with Crippen molar-refractivity contribution >= 4 is 112 Å². The minimum atomic E-state index is -0.476. The fourth-order valence-electron chi connectivity index (χ4n) is 13.1. The maximum absolute atomic E-state index is 15.7. The summed E-state index contributed by atoms with van der Waals surface area (Å²) >= 11 is 1.24. The van der Waals surface area contributed by atoms with E-state index < -0.39 is 28.5 Å². The molecule has 0 spiro atoms. The summed E-state index contributed by atoms with van der Waals surface area (Å²) in [5.41, 5.74) is 5.97. The van der Waals surface area contributed by atoms with Crippen molar-refractivity contribution in [3.63, 3.8) is 0 Å². The van der Waals surface area contributed by atoms with Crippen molar-refractivity contribution in [1.29, 1.82) is 0 Å². The lowest BCUT2D eigenvalue weighted by Crippen LogP contribution is -2.34. The molecule has 6 aromatic carbocycles. The number of pyridine rings is 2. The number of para-hydroxylation sites is 4. The standard InChI is InChI=1S/C73H57N15O6S/c1-5-81(47-20-9-8-10-21-47)68(90)63-60-53-25-12-15-28-56(53)84(66(60)72(94)88(79-63)73-76-39-40-95-73)43-45-30-32-48(33-31-45)82(6-2)67(89)62-59-54-26-13-16-29-57(54)85(65(59)71(93)86(77-62)49-34-37-74-38-35-49)44-46-19-17-22-50(41-46)83(7-3)69(91)61-58-52-24-11-14-27-55(52)80(4)64(58)70(92)87(78-61)51-23-18-36-75-42-51/h8-42H,5-7,43-44H2,1-4H3. The molecule has 3 amide bonds. The first kappa shape index (κ1) is 59.0. The fraction of sp³-hybridized carbons (Fsp3) is 0.123. The van der Waals surface area contributed by atoms with Crippen molar-refractivity contribution in [2.24, 2.45) is 7.05 Å². The van der Waals surface area contributed by atoms with Crippen molar-refractivity contribution < 1.29 is 14.4 Å². The predicted octanol–water partition coefficient (Wildman–Crippen LogP) is 11.5. The van der Waals surface area contributed by atoms with Gasteiger partial charge in [0.2, 0.25) is 5.13 Å². The van der Waals surface area contributed by atoms with E-state index in [0.29, 0.717) is 89.0 Å². The summed E-state index contributed by atoms with van der Waals surface area (Å²) in [6.07, 6.45) is 7.84. The van der Waals surface area contributed by atoms with E-state index >= 15 is 14.4 Å². The number of anilines is 3. The first-order chi connectivity index (χ1) is 46.5. The van der Waals surface area contributed by atoms with Gasteiger partial charge in [-0.05, 0) is 111 Å². The van der Waals surface area contributed by atoms with Crippen LogP contribution >= 0.6 is 11.3 Å². The zero-order valence-electron chi connectivity index (χ0n) is 51.8. The number of aromatic nitrogens is 12. The molecule has 0 unspecified atom stereocenters. The Kier molecular flexibility index (Phi) is 15.0. The van der Waals surface area contributed by atoms with Crippen LogP contribution in [0.25, 0.3) is 81.9 Å². The Morgan fingerprint density at radius 2 is 0.916 bits per heavy atom. The number of carbonyl (C=O) groups is 3. The van der Waals surface area contributed by atoms with Crippen LogP contribution in [0, 0.1) is 0 Å². The summed E-state index contributed by atoms with van der Waals surface area (Å²) in [7, 11) is 1.80. The summed E-state index contributed by atoms with van der Waals surface area (Å²) in [6.45, 7) is 6.76. The van der Waals surface area contributed by atoms with Crippen molar-refractivity contribution in [2.45, 2.75) is 33.9 Å². The van der Waals surface area contributed by atoms with Crippen LogP contribution in [0.2, 0.25) is 0 Å². The first-order valence-electron chi connectivity index (χ1n) is 30.9. The van der Waals surface area contributed by atoms with Crippen LogP contribution in [-0.4, -0.2) is 95.4 Å². The van der Waals surface area contributed by atoms with Crippen molar-refractivity contribution in [3.05, 3.63) is 272 Å². The van der Waals surface area contributed by atoms with Crippen LogP contribution in [0.3, 0.4) is 0 Å². The normalized spacial score (nSPS) is 11.6. The molecule has 0 saturated heterocycles. The average molecular weight is 1270 g/mol. The largest absolute Gasteiger partial charge is 0.339 e. The highest BCUT2D eigenvalue weighted by molar-refractivity contribution is 7.12. The number of carbonyl (C=O) groups excluding carboxylic acids is 3. The quantitative estimate of drug-likeness (QED) is 0.0882. The van der Waals surface area contributed by atoms with E-state index in [1.54, 1.807) is 80.7 Å². The van der Waals surface area contributed by atoms with E-state index in [1.165, 1.54) is 31.6 Å². The molecule has 9 heterocycles. The SMILES string of the molecule is CCN(C(=O)c1nn(-c2cccnc2)c(=O)c2c1c1ccccc1n2C)c1cccc(Cn2c3ccccc3c3c(C(=O)N(CC)c4ccc(Cn5c6ccccc6c6c(C(=O)N(CC)c7ccccc7)nn(-c7nccs7)c(=O)c65)cc4)nn(-c4ccncc4)c(=O)c32)c1. The number of aryl methyl sites for hydroxylation is 1. The number of hydrogen-bond acceptors (Lipinski definition) is 13. The first-order valence-corrected chi connectivity index (χ1v) is 31.8. The molecule has 21 nitrogen and oxygen atoms in total. The zero-order chi connectivity index (χ0) is 65.2. The molecule has 22 heteroatoms. The van der Waals surface area contributed by atoms with Crippen LogP contribution in [0.1, 0.15) is 63.4 Å². The highest BCUT2D eigenvalue weighted by Gasteiger charge is 2.32. The molecular weight excluding hydrogens is 1210 g/mol. The number of nitrogens with zero attached hydrogens (tertiary/aromatic N) is 15. The van der Waals surface area contributed by atoms with E-state index in [9.17, 15) is 14.4 Å². The molecular formula is C73H57N15O6S. The second-order valence-electron chi connectivity index (χ2n) is 22.7. The molecule has 15 aromatic rings. The average Bonchev–Trinajstić information content (AvgIpc) is 1.63. The van der Waals surface area contributed by atoms with Gasteiger partial charge in [-0.1, -0.05) is 97.1 Å². The van der Waals surface area contributed by atoms with Gasteiger partial charge in [0.25, 0.3) is 34.4 Å². The molecule has 0 fully saturated rings. The van der Waals surface area contributed by atoms with Gasteiger partial charge in [-0.2, -0.15) is 29.3 Å². The number of thiazole rings is 1. The van der Waals surface area contributed by atoms with Crippen LogP contribution in [0.5, 0.6) is 0 Å². The maximum atomic E-state index is 15.7. The fourth-order valence-corrected chi connectivity index (χ4v) is 13.7. The summed E-state index contributed by atoms with van der Waals surface area (Å²) in [6, 6.07) is 53.8. The van der Waals surface area contributed by atoms with Crippen LogP contribution in [0.4, 0.5) is 17.1 Å². The van der Waals surface area contributed by atoms with Gasteiger partial charge in [-0.25, -0.2) is 4.98 Å². The lowest BCUT2D eigenvalue weighted by atomic mass is 10.1. The smallest absolute Gasteiger partial charge is 0.298 e. The van der Waals surface area contributed by atoms with Gasteiger partial charge >= 0.3 is 0 Å². The third kappa shape index (κ3) is 9.84. The molecule has 466 valence electrons. The van der Waals surface area contributed by atoms with Crippen LogP contribution < -0.4 is 31.4 Å². The van der Waals surface area contributed by atoms with Crippen molar-refractivity contribution in [3.8, 4) is 16.5 Å². The Morgan fingerprint density at radius 3 is 1.48 bits per heavy atom. The topological polar surface area (TPSA) is 219 Å². The Morgan fingerprint density at radius 1 is 0.432 bits per heavy atom. The van der Waals surface area contributed by atoms with Crippen molar-refractivity contribution in [2.75, 3.05) is 34.3 Å². The van der Waals surface area contributed by atoms with E-state index in [0.717, 1.165) is 16.6 Å². The highest BCUT2D eigenvalue weighted by atomic mass is 32.1. The molecule has 0 aliphatic rings. The molecule has 0 N–H and O–H groups in total. The summed E-state index contributed by atoms with van der Waals surface area (Å²) in [5.74, 6) is -1.28. The molecule has 0 aliphatic heterocycles. The van der Waals surface area contributed by atoms with Crippen molar-refractivity contribution in [1.82, 2.24) is 58.0 Å². The Labute approximate surface area is 544 Å². The summed E-state index contributed by atoms with van der Waals surface area (Å²) in [4.78, 5) is 108. The number of fused-ring (bicyclic) bond motifs is 9. The molecule has 95 heavy (non-hydrogen) atoms. The monoisotopic (exact) mass is 1270 g/mol. The third-order valence-corrected chi connectivity index (χ3v) is 18.2.